The van der Waals surface area contributed by atoms with Crippen molar-refractivity contribution in [1.82, 2.24) is 4.98 Å². The molecule has 2 aromatic carbocycles. The maximum absolute atomic E-state index is 5.93. The van der Waals surface area contributed by atoms with Crippen LogP contribution in [0.2, 0.25) is 5.02 Å². The summed E-state index contributed by atoms with van der Waals surface area (Å²) in [7, 11) is 0. The monoisotopic (exact) mass is 350 g/mol. The lowest BCUT2D eigenvalue weighted by molar-refractivity contribution is 0.617. The Morgan fingerprint density at radius 3 is 2.70 bits per heavy atom. The highest BCUT2D eigenvalue weighted by Crippen LogP contribution is 2.34. The lowest BCUT2D eigenvalue weighted by atomic mass is 10.1. The number of benzene rings is 2. The number of oxazole rings is 1. The summed E-state index contributed by atoms with van der Waals surface area (Å²) in [4.78, 5) is 4.52. The normalized spacial score (nSPS) is 11.2. The predicted octanol–water partition coefficient (Wildman–Crippen LogP) is 5.11. The highest BCUT2D eigenvalue weighted by atomic mass is 79.9. The van der Waals surface area contributed by atoms with Gasteiger partial charge in [-0.25, -0.2) is 4.98 Å². The minimum Gasteiger partial charge on any atom is -0.435 e. The fourth-order valence-electron chi connectivity index (χ4n) is 2.04. The van der Waals surface area contributed by atoms with Crippen molar-refractivity contribution in [2.45, 2.75) is 13.8 Å². The Labute approximate surface area is 129 Å². The molecule has 0 fully saturated rings. The molecule has 0 radical (unpaired) electrons. The van der Waals surface area contributed by atoms with Gasteiger partial charge >= 0.3 is 0 Å². The van der Waals surface area contributed by atoms with Crippen LogP contribution in [-0.2, 0) is 0 Å². The fourth-order valence-corrected chi connectivity index (χ4v) is 2.76. The Hall–Kier alpha value is -1.52. The molecular formula is C15H12BrClN2O. The summed E-state index contributed by atoms with van der Waals surface area (Å²) >= 11 is 9.49. The highest BCUT2D eigenvalue weighted by Gasteiger charge is 2.14. The molecule has 0 unspecified atom stereocenters. The first-order valence-electron chi connectivity index (χ1n) is 6.09. The number of fused-ring (bicyclic) bond motifs is 1. The zero-order chi connectivity index (χ0) is 14.4. The summed E-state index contributed by atoms with van der Waals surface area (Å²) in [6, 6.07) is 7.37. The van der Waals surface area contributed by atoms with Gasteiger partial charge in [-0.15, -0.1) is 0 Å². The minimum atomic E-state index is 0.512. The first-order valence-corrected chi connectivity index (χ1v) is 7.26. The van der Waals surface area contributed by atoms with Crippen LogP contribution >= 0.6 is 27.5 Å². The molecule has 0 amide bonds. The van der Waals surface area contributed by atoms with E-state index in [4.69, 9.17) is 21.8 Å². The number of hydrogen-bond donors (Lipinski definition) is 1. The average molecular weight is 352 g/mol. The summed E-state index contributed by atoms with van der Waals surface area (Å²) in [6.07, 6.45) is 0. The van der Waals surface area contributed by atoms with E-state index in [2.05, 4.69) is 20.9 Å². The topological polar surface area (TPSA) is 52.0 Å². The van der Waals surface area contributed by atoms with Crippen molar-refractivity contribution in [2.24, 2.45) is 0 Å². The van der Waals surface area contributed by atoms with E-state index in [9.17, 15) is 0 Å². The van der Waals surface area contributed by atoms with Crippen molar-refractivity contribution in [1.29, 1.82) is 0 Å². The maximum Gasteiger partial charge on any atom is 0.227 e. The van der Waals surface area contributed by atoms with Gasteiger partial charge < -0.3 is 10.2 Å². The van der Waals surface area contributed by atoms with Crippen LogP contribution in [0.5, 0.6) is 0 Å². The first kappa shape index (κ1) is 13.5. The van der Waals surface area contributed by atoms with Crippen LogP contribution in [0.4, 0.5) is 5.69 Å². The molecule has 102 valence electrons. The Morgan fingerprint density at radius 2 is 2.00 bits per heavy atom. The molecule has 3 aromatic rings. The van der Waals surface area contributed by atoms with Gasteiger partial charge in [-0.2, -0.15) is 0 Å². The Bertz CT molecular complexity index is 826. The van der Waals surface area contributed by atoms with Crippen molar-refractivity contribution in [3.63, 3.8) is 0 Å². The largest absolute Gasteiger partial charge is 0.435 e. The lowest BCUT2D eigenvalue weighted by Gasteiger charge is -2.01. The van der Waals surface area contributed by atoms with Gasteiger partial charge in [-0.1, -0.05) is 11.6 Å². The summed E-state index contributed by atoms with van der Waals surface area (Å²) < 4.78 is 6.80. The van der Waals surface area contributed by atoms with Gasteiger partial charge in [0.1, 0.15) is 5.52 Å². The van der Waals surface area contributed by atoms with Gasteiger partial charge in [0.15, 0.2) is 5.58 Å². The lowest BCUT2D eigenvalue weighted by Crippen LogP contribution is -1.87. The zero-order valence-corrected chi connectivity index (χ0v) is 13.3. The van der Waals surface area contributed by atoms with E-state index in [1.165, 1.54) is 5.56 Å². The molecule has 0 saturated heterocycles. The number of anilines is 1. The van der Waals surface area contributed by atoms with Crippen LogP contribution in [0.1, 0.15) is 11.1 Å². The summed E-state index contributed by atoms with van der Waals surface area (Å²) in [5.41, 5.74) is 11.0. The quantitative estimate of drug-likeness (QED) is 0.620. The number of nitrogens with two attached hydrogens (primary N) is 1. The molecule has 3 rings (SSSR count). The molecule has 0 aliphatic rings. The van der Waals surface area contributed by atoms with Crippen LogP contribution < -0.4 is 5.73 Å². The third-order valence-corrected chi connectivity index (χ3v) is 4.67. The van der Waals surface area contributed by atoms with E-state index >= 15 is 0 Å². The molecule has 0 spiro atoms. The second-order valence-corrected chi connectivity index (χ2v) is 5.94. The number of aryl methyl sites for hydroxylation is 1. The summed E-state index contributed by atoms with van der Waals surface area (Å²) in [5.74, 6) is 0.536. The van der Waals surface area contributed by atoms with Crippen molar-refractivity contribution in [3.8, 4) is 11.5 Å². The number of aromatic nitrogens is 1. The molecule has 0 saturated carbocycles. The van der Waals surface area contributed by atoms with E-state index in [1.807, 2.05) is 26.0 Å². The fraction of sp³-hybridized carbons (Fsp3) is 0.133. The van der Waals surface area contributed by atoms with Crippen molar-refractivity contribution < 1.29 is 4.42 Å². The Morgan fingerprint density at radius 1 is 1.25 bits per heavy atom. The number of nitrogens with zero attached hydrogens (tertiary/aromatic N) is 1. The van der Waals surface area contributed by atoms with Crippen LogP contribution in [0, 0.1) is 13.8 Å². The maximum atomic E-state index is 5.93. The third kappa shape index (κ3) is 2.09. The first-order chi connectivity index (χ1) is 9.47. The molecular weight excluding hydrogens is 340 g/mol. The van der Waals surface area contributed by atoms with Crippen LogP contribution in [0.25, 0.3) is 22.6 Å². The highest BCUT2D eigenvalue weighted by molar-refractivity contribution is 9.10. The van der Waals surface area contributed by atoms with Gasteiger partial charge in [0.05, 0.1) is 15.2 Å². The number of rotatable bonds is 1. The Balaban J connectivity index is 2.23. The van der Waals surface area contributed by atoms with Crippen LogP contribution in [-0.4, -0.2) is 4.98 Å². The van der Waals surface area contributed by atoms with E-state index in [0.29, 0.717) is 16.6 Å². The van der Waals surface area contributed by atoms with Gasteiger partial charge in [-0.05, 0) is 65.2 Å². The van der Waals surface area contributed by atoms with Crippen molar-refractivity contribution in [2.75, 3.05) is 5.73 Å². The molecule has 2 N–H and O–H groups in total. The van der Waals surface area contributed by atoms with Crippen LogP contribution in [0.15, 0.2) is 33.2 Å². The molecule has 5 heteroatoms. The van der Waals surface area contributed by atoms with E-state index in [0.717, 1.165) is 26.7 Å². The number of hydrogen-bond acceptors (Lipinski definition) is 3. The predicted molar refractivity (Wildman–Crippen MR) is 86.0 cm³/mol. The molecule has 0 aliphatic heterocycles. The second-order valence-electron chi connectivity index (χ2n) is 4.74. The van der Waals surface area contributed by atoms with Gasteiger partial charge in [0.2, 0.25) is 5.89 Å². The minimum absolute atomic E-state index is 0.512. The van der Waals surface area contributed by atoms with Gasteiger partial charge in [0, 0.05) is 5.56 Å². The van der Waals surface area contributed by atoms with Gasteiger partial charge in [-0.3, -0.25) is 0 Å². The van der Waals surface area contributed by atoms with Crippen molar-refractivity contribution >= 4 is 44.3 Å². The SMILES string of the molecule is Cc1cc2nc(-c3ccc(Cl)c(N)c3)oc2c(Br)c1C. The van der Waals surface area contributed by atoms with Crippen molar-refractivity contribution in [3.05, 3.63) is 44.9 Å². The molecule has 0 atom stereocenters. The third-order valence-electron chi connectivity index (χ3n) is 3.37. The van der Waals surface area contributed by atoms with E-state index in [-0.39, 0.29) is 0 Å². The molecule has 20 heavy (non-hydrogen) atoms. The standard InChI is InChI=1S/C15H12BrClN2O/c1-7-5-12-14(13(16)8(7)2)20-15(19-12)9-3-4-10(17)11(18)6-9/h3-6H,18H2,1-2H3. The van der Waals surface area contributed by atoms with E-state index in [1.54, 1.807) is 12.1 Å². The zero-order valence-electron chi connectivity index (χ0n) is 11.0. The molecule has 3 nitrogen and oxygen atoms in total. The number of nitrogen functional groups attached to an aromatic ring is 1. The molecule has 0 aliphatic carbocycles. The summed E-state index contributed by atoms with van der Waals surface area (Å²) in [5, 5.41) is 0.526. The van der Waals surface area contributed by atoms with Gasteiger partial charge in [0.25, 0.3) is 0 Å². The summed E-state index contributed by atoms with van der Waals surface area (Å²) in [6.45, 7) is 4.09. The number of halogens is 2. The molecule has 0 bridgehead atoms. The Kier molecular flexibility index (Phi) is 3.22. The van der Waals surface area contributed by atoms with E-state index < -0.39 is 0 Å². The average Bonchev–Trinajstić information content (AvgIpc) is 2.83. The second kappa shape index (κ2) is 4.79. The van der Waals surface area contributed by atoms with Crippen LogP contribution in [0.3, 0.4) is 0 Å². The molecule has 1 heterocycles. The smallest absolute Gasteiger partial charge is 0.227 e. The molecule has 1 aromatic heterocycles.